The lowest BCUT2D eigenvalue weighted by Gasteiger charge is -2.04. The molecule has 2 aromatic rings. The van der Waals surface area contributed by atoms with E-state index in [0.717, 1.165) is 0 Å². The number of sulfone groups is 1. The van der Waals surface area contributed by atoms with E-state index in [1.165, 1.54) is 12.3 Å². The van der Waals surface area contributed by atoms with Crippen LogP contribution in [-0.4, -0.2) is 32.0 Å². The Balaban J connectivity index is 1.62. The summed E-state index contributed by atoms with van der Waals surface area (Å²) in [6.07, 6.45) is 1.59. The van der Waals surface area contributed by atoms with Crippen LogP contribution < -0.4 is 5.43 Å². The van der Waals surface area contributed by atoms with Gasteiger partial charge in [0.15, 0.2) is 9.84 Å². The Bertz CT molecular complexity index is 889. The van der Waals surface area contributed by atoms with E-state index in [1.54, 1.807) is 30.3 Å². The summed E-state index contributed by atoms with van der Waals surface area (Å²) in [5.74, 6) is -0.835. The lowest BCUT2D eigenvalue weighted by molar-refractivity contribution is -0.124. The number of carbonyl (C=O) groups is 1. The predicted octanol–water partition coefficient (Wildman–Crippen LogP) is 1.97. The summed E-state index contributed by atoms with van der Waals surface area (Å²) in [7, 11) is -3.12. The fourth-order valence-electron chi connectivity index (χ4n) is 2.48. The highest BCUT2D eigenvalue weighted by Crippen LogP contribution is 2.24. The van der Waals surface area contributed by atoms with E-state index >= 15 is 0 Å². The van der Waals surface area contributed by atoms with Crippen molar-refractivity contribution in [3.63, 3.8) is 0 Å². The van der Waals surface area contributed by atoms with Gasteiger partial charge in [0.25, 0.3) is 0 Å². The molecule has 3 rings (SSSR count). The second kappa shape index (κ2) is 6.56. The van der Waals surface area contributed by atoms with Crippen LogP contribution in [0, 0.1) is 11.7 Å². The van der Waals surface area contributed by atoms with E-state index in [4.69, 9.17) is 4.42 Å². The summed E-state index contributed by atoms with van der Waals surface area (Å²) in [6, 6.07) is 9.41. The van der Waals surface area contributed by atoms with E-state index in [1.807, 2.05) is 0 Å². The normalized spacial score (nSPS) is 19.6. The molecule has 0 aliphatic carbocycles. The van der Waals surface area contributed by atoms with Crippen molar-refractivity contribution in [3.8, 4) is 11.3 Å². The van der Waals surface area contributed by atoms with Crippen molar-refractivity contribution in [2.45, 2.75) is 6.42 Å². The first-order valence-corrected chi connectivity index (χ1v) is 9.15. The fraction of sp³-hybridized carbons (Fsp3) is 0.250. The van der Waals surface area contributed by atoms with Crippen LogP contribution in [0.4, 0.5) is 4.39 Å². The third-order valence-corrected chi connectivity index (χ3v) is 5.50. The minimum Gasteiger partial charge on any atom is -0.455 e. The van der Waals surface area contributed by atoms with Crippen molar-refractivity contribution < 1.29 is 22.0 Å². The number of carbonyl (C=O) groups excluding carboxylic acids is 1. The van der Waals surface area contributed by atoms with Crippen LogP contribution in [-0.2, 0) is 14.6 Å². The number of halogens is 1. The van der Waals surface area contributed by atoms with Crippen molar-refractivity contribution in [1.82, 2.24) is 5.43 Å². The lowest BCUT2D eigenvalue weighted by Crippen LogP contribution is -2.27. The van der Waals surface area contributed by atoms with Crippen LogP contribution in [0.2, 0.25) is 0 Å². The molecule has 1 aliphatic rings. The summed E-state index contributed by atoms with van der Waals surface area (Å²) in [4.78, 5) is 11.8. The third-order valence-electron chi connectivity index (χ3n) is 3.74. The molecule has 126 valence electrons. The Morgan fingerprint density at radius 1 is 1.29 bits per heavy atom. The van der Waals surface area contributed by atoms with Crippen LogP contribution in [0.3, 0.4) is 0 Å². The van der Waals surface area contributed by atoms with Gasteiger partial charge in [-0.1, -0.05) is 12.1 Å². The second-order valence-corrected chi connectivity index (χ2v) is 7.74. The first kappa shape index (κ1) is 16.4. The van der Waals surface area contributed by atoms with Crippen LogP contribution in [0.15, 0.2) is 45.9 Å². The number of hydrogen-bond acceptors (Lipinski definition) is 5. The smallest absolute Gasteiger partial charge is 0.244 e. The van der Waals surface area contributed by atoms with Crippen molar-refractivity contribution >= 4 is 22.0 Å². The van der Waals surface area contributed by atoms with Gasteiger partial charge < -0.3 is 4.42 Å². The summed E-state index contributed by atoms with van der Waals surface area (Å²) < 4.78 is 41.8. The zero-order valence-electron chi connectivity index (χ0n) is 12.6. The van der Waals surface area contributed by atoms with Crippen molar-refractivity contribution in [3.05, 3.63) is 48.0 Å². The van der Waals surface area contributed by atoms with Gasteiger partial charge in [-0.15, -0.1) is 0 Å². The first-order chi connectivity index (χ1) is 11.4. The largest absolute Gasteiger partial charge is 0.455 e. The number of amides is 1. The predicted molar refractivity (Wildman–Crippen MR) is 86.6 cm³/mol. The maximum atomic E-state index is 13.7. The highest BCUT2D eigenvalue weighted by atomic mass is 32.2. The summed E-state index contributed by atoms with van der Waals surface area (Å²) in [5.41, 5.74) is 2.63. The number of hydrogen-bond donors (Lipinski definition) is 1. The van der Waals surface area contributed by atoms with Crippen LogP contribution in [0.1, 0.15) is 12.2 Å². The maximum absolute atomic E-state index is 13.7. The molecule has 1 atom stereocenters. The van der Waals surface area contributed by atoms with Gasteiger partial charge in [0.05, 0.1) is 29.2 Å². The van der Waals surface area contributed by atoms with E-state index < -0.39 is 27.5 Å². The standard InChI is InChI=1S/C16H15FN2O4S/c17-14-4-2-1-3-13(14)15-6-5-12(23-15)9-18-19-16(20)11-7-8-24(21,22)10-11/h1-6,9,11H,7-8,10H2,(H,19,20)/b18-9-/t11-/m0/s1. The monoisotopic (exact) mass is 350 g/mol. The zero-order chi connectivity index (χ0) is 17.2. The molecule has 0 saturated carbocycles. The SMILES string of the molecule is O=C(N/N=C\c1ccc(-c2ccccc2F)o1)[C@H]1CCS(=O)(=O)C1. The van der Waals surface area contributed by atoms with Crippen molar-refractivity contribution in [2.24, 2.45) is 11.0 Å². The highest BCUT2D eigenvalue weighted by molar-refractivity contribution is 7.91. The van der Waals surface area contributed by atoms with Gasteiger partial charge in [-0.3, -0.25) is 4.79 Å². The molecule has 1 amide bonds. The zero-order valence-corrected chi connectivity index (χ0v) is 13.4. The molecule has 1 aliphatic heterocycles. The topological polar surface area (TPSA) is 88.7 Å². The van der Waals surface area contributed by atoms with Gasteiger partial charge in [0.1, 0.15) is 17.3 Å². The minimum atomic E-state index is -3.12. The number of nitrogens with zero attached hydrogens (tertiary/aromatic N) is 1. The Hall–Kier alpha value is -2.48. The van der Waals surface area contributed by atoms with E-state index in [0.29, 0.717) is 23.5 Å². The lowest BCUT2D eigenvalue weighted by atomic mass is 10.1. The molecule has 8 heteroatoms. The summed E-state index contributed by atoms with van der Waals surface area (Å²) in [5, 5.41) is 3.76. The molecule has 1 aromatic carbocycles. The number of rotatable bonds is 4. The van der Waals surface area contributed by atoms with Gasteiger partial charge in [-0.25, -0.2) is 18.2 Å². The highest BCUT2D eigenvalue weighted by Gasteiger charge is 2.32. The Labute approximate surface area is 138 Å². The third kappa shape index (κ3) is 3.70. The average molecular weight is 350 g/mol. The van der Waals surface area contributed by atoms with Crippen molar-refractivity contribution in [2.75, 3.05) is 11.5 Å². The Morgan fingerprint density at radius 2 is 2.08 bits per heavy atom. The molecule has 6 nitrogen and oxygen atoms in total. The number of hydrazone groups is 1. The molecule has 0 spiro atoms. The number of furan rings is 1. The fourth-order valence-corrected chi connectivity index (χ4v) is 4.22. The van der Waals surface area contributed by atoms with Gasteiger partial charge in [0, 0.05) is 0 Å². The molecule has 1 saturated heterocycles. The molecule has 1 fully saturated rings. The quantitative estimate of drug-likeness (QED) is 0.674. The summed E-state index contributed by atoms with van der Waals surface area (Å²) >= 11 is 0. The molecule has 24 heavy (non-hydrogen) atoms. The summed E-state index contributed by atoms with van der Waals surface area (Å²) in [6.45, 7) is 0. The molecule has 1 N–H and O–H groups in total. The van der Waals surface area contributed by atoms with Crippen LogP contribution >= 0.6 is 0 Å². The van der Waals surface area contributed by atoms with E-state index in [9.17, 15) is 17.6 Å². The van der Waals surface area contributed by atoms with Crippen molar-refractivity contribution in [1.29, 1.82) is 0 Å². The number of nitrogens with one attached hydrogen (secondary N) is 1. The average Bonchev–Trinajstić information content (AvgIpc) is 3.14. The minimum absolute atomic E-state index is 0.0268. The molecular formula is C16H15FN2O4S. The van der Waals surface area contributed by atoms with Crippen LogP contribution in [0.5, 0.6) is 0 Å². The van der Waals surface area contributed by atoms with E-state index in [2.05, 4.69) is 10.5 Å². The molecule has 0 radical (unpaired) electrons. The second-order valence-electron chi connectivity index (χ2n) is 5.52. The van der Waals surface area contributed by atoms with Gasteiger partial charge in [-0.05, 0) is 30.7 Å². The first-order valence-electron chi connectivity index (χ1n) is 7.33. The molecule has 0 bridgehead atoms. The molecule has 1 aromatic heterocycles. The van der Waals surface area contributed by atoms with Gasteiger partial charge in [0.2, 0.25) is 5.91 Å². The van der Waals surface area contributed by atoms with Gasteiger partial charge in [-0.2, -0.15) is 5.10 Å². The Kier molecular flexibility index (Phi) is 4.48. The molecular weight excluding hydrogens is 335 g/mol. The molecule has 0 unspecified atom stereocenters. The maximum Gasteiger partial charge on any atom is 0.244 e. The molecule has 2 heterocycles. The Morgan fingerprint density at radius 3 is 2.79 bits per heavy atom. The number of benzene rings is 1. The van der Waals surface area contributed by atoms with Gasteiger partial charge >= 0.3 is 0 Å². The van der Waals surface area contributed by atoms with E-state index in [-0.39, 0.29) is 11.5 Å². The van der Waals surface area contributed by atoms with Crippen LogP contribution in [0.25, 0.3) is 11.3 Å².